The molecule has 3 fully saturated rings. The maximum Gasteiger partial charge on any atom is 0.331 e. The molecule has 0 aromatic heterocycles. The second-order valence-electron chi connectivity index (χ2n) is 4.29. The maximum absolute atomic E-state index is 11.0. The van der Waals surface area contributed by atoms with Crippen LogP contribution in [0.3, 0.4) is 0 Å². The van der Waals surface area contributed by atoms with Crippen molar-refractivity contribution in [2.75, 3.05) is 20.3 Å². The standard InChI is InChI=1S/C10H14O5/c1-12-8(11)4-13-9-6-2-5(6)7-3-14-10(9)15-7/h5-7,9-10H,2-4H2,1H3/t5-,6-,7+,9-,10+/m0/s1. The van der Waals surface area contributed by atoms with Crippen molar-refractivity contribution in [1.82, 2.24) is 0 Å². The molecule has 0 N–H and O–H groups in total. The van der Waals surface area contributed by atoms with Crippen molar-refractivity contribution < 1.29 is 23.7 Å². The fourth-order valence-electron chi connectivity index (χ4n) is 2.51. The Morgan fingerprint density at radius 2 is 2.33 bits per heavy atom. The van der Waals surface area contributed by atoms with E-state index in [2.05, 4.69) is 4.74 Å². The van der Waals surface area contributed by atoms with E-state index in [1.165, 1.54) is 7.11 Å². The number of esters is 1. The van der Waals surface area contributed by atoms with Crippen LogP contribution < -0.4 is 0 Å². The number of carbonyl (C=O) groups is 1. The van der Waals surface area contributed by atoms with Crippen LogP contribution in [0.2, 0.25) is 0 Å². The molecule has 0 radical (unpaired) electrons. The SMILES string of the molecule is COC(=O)CO[C@@H]1[C@@H]2OC[C@@H](O2)[C@H]2C[C@@H]21. The fourth-order valence-corrected chi connectivity index (χ4v) is 2.51. The molecule has 1 aliphatic carbocycles. The lowest BCUT2D eigenvalue weighted by Gasteiger charge is -2.26. The number of ether oxygens (including phenoxy) is 4. The molecule has 15 heavy (non-hydrogen) atoms. The Labute approximate surface area is 87.6 Å². The first-order valence-electron chi connectivity index (χ1n) is 5.25. The summed E-state index contributed by atoms with van der Waals surface area (Å²) in [6.45, 7) is 0.655. The molecule has 5 heteroatoms. The Morgan fingerprint density at radius 1 is 1.47 bits per heavy atom. The highest BCUT2D eigenvalue weighted by Gasteiger charge is 2.59. The van der Waals surface area contributed by atoms with Crippen molar-refractivity contribution in [2.24, 2.45) is 11.8 Å². The number of hydrogen-bond acceptors (Lipinski definition) is 5. The number of rotatable bonds is 3. The van der Waals surface area contributed by atoms with Gasteiger partial charge in [-0.2, -0.15) is 0 Å². The number of methoxy groups -OCH3 is 1. The second kappa shape index (κ2) is 3.43. The van der Waals surface area contributed by atoms with E-state index in [9.17, 15) is 4.79 Å². The zero-order valence-corrected chi connectivity index (χ0v) is 8.55. The molecule has 0 unspecified atom stereocenters. The Bertz CT molecular complexity index is 279. The van der Waals surface area contributed by atoms with Crippen LogP contribution >= 0.6 is 0 Å². The molecule has 0 aromatic rings. The Hall–Kier alpha value is -0.650. The first kappa shape index (κ1) is 9.57. The smallest absolute Gasteiger partial charge is 0.331 e. The van der Waals surface area contributed by atoms with E-state index in [0.717, 1.165) is 6.42 Å². The average molecular weight is 214 g/mol. The molecule has 3 rings (SSSR count). The van der Waals surface area contributed by atoms with Gasteiger partial charge in [0.15, 0.2) is 6.29 Å². The van der Waals surface area contributed by atoms with Crippen molar-refractivity contribution in [2.45, 2.75) is 24.9 Å². The predicted octanol–water partition coefficient (Wildman–Crippen LogP) is -0.0642. The highest BCUT2D eigenvalue weighted by molar-refractivity contribution is 5.70. The van der Waals surface area contributed by atoms with Crippen LogP contribution in [0.15, 0.2) is 0 Å². The van der Waals surface area contributed by atoms with E-state index in [1.807, 2.05) is 0 Å². The molecule has 84 valence electrons. The minimum absolute atomic E-state index is 0.0156. The van der Waals surface area contributed by atoms with Crippen LogP contribution in [0.5, 0.6) is 0 Å². The summed E-state index contributed by atoms with van der Waals surface area (Å²) in [6.07, 6.45) is 1.03. The average Bonchev–Trinajstić information content (AvgIpc) is 2.93. The van der Waals surface area contributed by atoms with E-state index < -0.39 is 0 Å². The third-order valence-corrected chi connectivity index (χ3v) is 3.41. The van der Waals surface area contributed by atoms with Gasteiger partial charge in [0, 0.05) is 0 Å². The molecule has 2 saturated heterocycles. The van der Waals surface area contributed by atoms with Gasteiger partial charge in [0.05, 0.1) is 19.8 Å². The fraction of sp³-hybridized carbons (Fsp3) is 0.900. The molecule has 3 aliphatic rings. The van der Waals surface area contributed by atoms with Gasteiger partial charge < -0.3 is 18.9 Å². The monoisotopic (exact) mass is 214 g/mol. The summed E-state index contributed by atoms with van der Waals surface area (Å²) in [6, 6.07) is 0. The second-order valence-corrected chi connectivity index (χ2v) is 4.29. The lowest BCUT2D eigenvalue weighted by molar-refractivity contribution is -0.186. The quantitative estimate of drug-likeness (QED) is 0.616. The van der Waals surface area contributed by atoms with Gasteiger partial charge in [-0.25, -0.2) is 4.79 Å². The van der Waals surface area contributed by atoms with Gasteiger partial charge in [-0.3, -0.25) is 0 Å². The van der Waals surface area contributed by atoms with Crippen LogP contribution in [0, 0.1) is 11.8 Å². The predicted molar refractivity (Wildman–Crippen MR) is 48.0 cm³/mol. The number of hydrogen-bond donors (Lipinski definition) is 0. The molecule has 1 saturated carbocycles. The van der Waals surface area contributed by atoms with E-state index in [1.54, 1.807) is 0 Å². The van der Waals surface area contributed by atoms with Crippen LogP contribution in [0.1, 0.15) is 6.42 Å². The van der Waals surface area contributed by atoms with Gasteiger partial charge in [0.2, 0.25) is 0 Å². The van der Waals surface area contributed by atoms with E-state index in [0.29, 0.717) is 18.4 Å². The van der Waals surface area contributed by atoms with Gasteiger partial charge in [0.1, 0.15) is 12.7 Å². The van der Waals surface area contributed by atoms with Gasteiger partial charge in [0.25, 0.3) is 0 Å². The van der Waals surface area contributed by atoms with Gasteiger partial charge in [-0.15, -0.1) is 0 Å². The molecular weight excluding hydrogens is 200 g/mol. The van der Waals surface area contributed by atoms with Gasteiger partial charge in [-0.05, 0) is 18.3 Å². The topological polar surface area (TPSA) is 54.0 Å². The summed E-state index contributed by atoms with van der Waals surface area (Å²) in [5.41, 5.74) is 0. The normalized spacial score (nSPS) is 46.1. The summed E-state index contributed by atoms with van der Waals surface area (Å²) in [5.74, 6) is 0.736. The van der Waals surface area contributed by atoms with Gasteiger partial charge in [-0.1, -0.05) is 0 Å². The zero-order valence-electron chi connectivity index (χ0n) is 8.55. The van der Waals surface area contributed by atoms with Crippen LogP contribution in [0.25, 0.3) is 0 Å². The molecule has 5 atom stereocenters. The minimum Gasteiger partial charge on any atom is -0.467 e. The van der Waals surface area contributed by atoms with Crippen LogP contribution in [0.4, 0.5) is 0 Å². The summed E-state index contributed by atoms with van der Waals surface area (Å²) >= 11 is 0. The van der Waals surface area contributed by atoms with Gasteiger partial charge >= 0.3 is 5.97 Å². The lowest BCUT2D eigenvalue weighted by atomic mass is 10.1. The molecule has 0 amide bonds. The molecule has 2 heterocycles. The molecule has 5 nitrogen and oxygen atoms in total. The number of carbonyl (C=O) groups excluding carboxylic acids is 1. The van der Waals surface area contributed by atoms with E-state index in [-0.39, 0.29) is 31.1 Å². The van der Waals surface area contributed by atoms with E-state index >= 15 is 0 Å². The number of fused-ring (bicyclic) bond motifs is 4. The highest BCUT2D eigenvalue weighted by Crippen LogP contribution is 2.53. The van der Waals surface area contributed by atoms with E-state index in [4.69, 9.17) is 14.2 Å². The Morgan fingerprint density at radius 3 is 3.13 bits per heavy atom. The molecule has 2 aliphatic heterocycles. The highest BCUT2D eigenvalue weighted by atomic mass is 16.7. The summed E-state index contributed by atoms with van der Waals surface area (Å²) in [7, 11) is 1.35. The van der Waals surface area contributed by atoms with Crippen molar-refractivity contribution in [1.29, 1.82) is 0 Å². The third kappa shape index (κ3) is 1.55. The molecular formula is C10H14O5. The lowest BCUT2D eigenvalue weighted by Crippen LogP contribution is -2.38. The van der Waals surface area contributed by atoms with Crippen molar-refractivity contribution in [3.8, 4) is 0 Å². The third-order valence-electron chi connectivity index (χ3n) is 3.41. The van der Waals surface area contributed by atoms with Crippen LogP contribution in [-0.4, -0.2) is 44.8 Å². The van der Waals surface area contributed by atoms with Crippen molar-refractivity contribution >= 4 is 5.97 Å². The van der Waals surface area contributed by atoms with Crippen molar-refractivity contribution in [3.05, 3.63) is 0 Å². The Kier molecular flexibility index (Phi) is 2.19. The largest absolute Gasteiger partial charge is 0.467 e. The summed E-state index contributed by atoms with van der Waals surface area (Å²) < 4.78 is 21.1. The van der Waals surface area contributed by atoms with Crippen LogP contribution in [-0.2, 0) is 23.7 Å². The first-order valence-corrected chi connectivity index (χ1v) is 5.25. The summed E-state index contributed by atoms with van der Waals surface area (Å²) in [4.78, 5) is 11.0. The first-order chi connectivity index (χ1) is 7.29. The molecule has 2 bridgehead atoms. The molecule has 0 spiro atoms. The summed E-state index contributed by atoms with van der Waals surface area (Å²) in [5, 5.41) is 0. The molecule has 0 aromatic carbocycles. The zero-order chi connectivity index (χ0) is 10.4. The van der Waals surface area contributed by atoms with Crippen molar-refractivity contribution in [3.63, 3.8) is 0 Å². The minimum atomic E-state index is -0.354. The Balaban J connectivity index is 1.59. The maximum atomic E-state index is 11.0.